The molecule has 96 valence electrons. The highest BCUT2D eigenvalue weighted by molar-refractivity contribution is 5.94. The fourth-order valence-corrected chi connectivity index (χ4v) is 1.85. The molecule has 2 rings (SSSR count). The van der Waals surface area contributed by atoms with Crippen LogP contribution >= 0.6 is 0 Å². The summed E-state index contributed by atoms with van der Waals surface area (Å²) in [6.07, 6.45) is 1.20. The molecular weight excluding hydrogens is 232 g/mol. The molecule has 0 fully saturated rings. The highest BCUT2D eigenvalue weighted by atomic mass is 16.5. The average Bonchev–Trinajstić information content (AvgIpc) is 2.36. The van der Waals surface area contributed by atoms with Crippen LogP contribution in [0.5, 0.6) is 5.75 Å². The van der Waals surface area contributed by atoms with Gasteiger partial charge in [0.15, 0.2) is 6.61 Å². The van der Waals surface area contributed by atoms with Crippen molar-refractivity contribution in [2.45, 2.75) is 19.8 Å². The van der Waals surface area contributed by atoms with Gasteiger partial charge >= 0.3 is 0 Å². The number of carbonyl (C=O) groups is 2. The summed E-state index contributed by atoms with van der Waals surface area (Å²) < 4.78 is 5.39. The Labute approximate surface area is 106 Å². The molecule has 5 nitrogen and oxygen atoms in total. The van der Waals surface area contributed by atoms with Crippen molar-refractivity contribution in [3.63, 3.8) is 0 Å². The van der Waals surface area contributed by atoms with Crippen LogP contribution in [0.4, 0.5) is 5.69 Å². The van der Waals surface area contributed by atoms with Gasteiger partial charge in [0.1, 0.15) is 5.75 Å². The second-order valence-electron chi connectivity index (χ2n) is 4.11. The van der Waals surface area contributed by atoms with Gasteiger partial charge in [0, 0.05) is 18.7 Å². The van der Waals surface area contributed by atoms with Crippen molar-refractivity contribution in [2.24, 2.45) is 0 Å². The van der Waals surface area contributed by atoms with Crippen molar-refractivity contribution in [1.82, 2.24) is 5.32 Å². The first-order valence-electron chi connectivity index (χ1n) is 6.01. The minimum absolute atomic E-state index is 0.0129. The number of benzene rings is 1. The number of hydrogen-bond donors (Lipinski definition) is 2. The first kappa shape index (κ1) is 12.4. The molecule has 0 atom stereocenters. The van der Waals surface area contributed by atoms with Crippen LogP contribution in [0.15, 0.2) is 18.2 Å². The summed E-state index contributed by atoms with van der Waals surface area (Å²) in [6.45, 7) is 2.47. The van der Waals surface area contributed by atoms with Gasteiger partial charge in [-0.25, -0.2) is 0 Å². The summed E-state index contributed by atoms with van der Waals surface area (Å²) in [5.41, 5.74) is 1.87. The molecule has 5 heteroatoms. The molecule has 0 saturated heterocycles. The molecule has 0 unspecified atom stereocenters. The van der Waals surface area contributed by atoms with E-state index >= 15 is 0 Å². The zero-order valence-electron chi connectivity index (χ0n) is 10.3. The first-order valence-corrected chi connectivity index (χ1v) is 6.01. The second kappa shape index (κ2) is 5.53. The summed E-state index contributed by atoms with van der Waals surface area (Å²) in [6, 6.07) is 5.43. The standard InChI is InChI=1S/C13H16N2O3/c1-2-14-13(17)8-18-10-4-5-11-9(7-10)3-6-12(16)15-11/h4-5,7H,2-3,6,8H2,1H3,(H,14,17)(H,15,16). The Morgan fingerprint density at radius 3 is 3.06 bits per heavy atom. The summed E-state index contributed by atoms with van der Waals surface area (Å²) in [5, 5.41) is 5.46. The van der Waals surface area contributed by atoms with E-state index in [1.54, 1.807) is 12.1 Å². The van der Waals surface area contributed by atoms with E-state index in [-0.39, 0.29) is 18.4 Å². The van der Waals surface area contributed by atoms with E-state index in [0.29, 0.717) is 25.1 Å². The summed E-state index contributed by atoms with van der Waals surface area (Å²) >= 11 is 0. The van der Waals surface area contributed by atoms with Crippen LogP contribution in [-0.2, 0) is 16.0 Å². The van der Waals surface area contributed by atoms with E-state index in [1.807, 2.05) is 13.0 Å². The third-order valence-electron chi connectivity index (χ3n) is 2.72. The molecule has 18 heavy (non-hydrogen) atoms. The fourth-order valence-electron chi connectivity index (χ4n) is 1.85. The molecule has 0 aliphatic carbocycles. The van der Waals surface area contributed by atoms with Gasteiger partial charge in [0.25, 0.3) is 5.91 Å². The van der Waals surface area contributed by atoms with Crippen LogP contribution in [0.3, 0.4) is 0 Å². The molecule has 1 aliphatic rings. The van der Waals surface area contributed by atoms with Crippen LogP contribution in [-0.4, -0.2) is 25.0 Å². The summed E-state index contributed by atoms with van der Waals surface area (Å²) in [5.74, 6) is 0.554. The van der Waals surface area contributed by atoms with Gasteiger partial charge in [0.05, 0.1) is 0 Å². The lowest BCUT2D eigenvalue weighted by atomic mass is 10.0. The van der Waals surface area contributed by atoms with Crippen molar-refractivity contribution < 1.29 is 14.3 Å². The van der Waals surface area contributed by atoms with Gasteiger partial charge in [0.2, 0.25) is 5.91 Å². The van der Waals surface area contributed by atoms with Crippen LogP contribution in [0, 0.1) is 0 Å². The number of nitrogens with one attached hydrogen (secondary N) is 2. The molecule has 0 aromatic heterocycles. The molecule has 1 aromatic rings. The number of hydrogen-bond acceptors (Lipinski definition) is 3. The van der Waals surface area contributed by atoms with Crippen LogP contribution in [0.25, 0.3) is 0 Å². The molecule has 1 aromatic carbocycles. The molecule has 0 saturated carbocycles. The number of rotatable bonds is 4. The van der Waals surface area contributed by atoms with Crippen LogP contribution in [0.2, 0.25) is 0 Å². The Bertz CT molecular complexity index is 471. The Balaban J connectivity index is 1.99. The number of anilines is 1. The van der Waals surface area contributed by atoms with E-state index in [9.17, 15) is 9.59 Å². The van der Waals surface area contributed by atoms with E-state index in [2.05, 4.69) is 10.6 Å². The molecule has 1 aliphatic heterocycles. The Morgan fingerprint density at radius 2 is 2.28 bits per heavy atom. The number of carbonyl (C=O) groups excluding carboxylic acids is 2. The zero-order valence-corrected chi connectivity index (χ0v) is 10.3. The van der Waals surface area contributed by atoms with Gasteiger partial charge in [-0.2, -0.15) is 0 Å². The Morgan fingerprint density at radius 1 is 1.44 bits per heavy atom. The SMILES string of the molecule is CCNC(=O)COc1ccc2c(c1)CCC(=O)N2. The number of amides is 2. The first-order chi connectivity index (χ1) is 8.69. The number of ether oxygens (including phenoxy) is 1. The van der Waals surface area contributed by atoms with Gasteiger partial charge in [-0.05, 0) is 37.1 Å². The third-order valence-corrected chi connectivity index (χ3v) is 2.72. The largest absolute Gasteiger partial charge is 0.484 e. The van der Waals surface area contributed by atoms with E-state index in [0.717, 1.165) is 11.3 Å². The van der Waals surface area contributed by atoms with E-state index in [1.165, 1.54) is 0 Å². The molecule has 0 radical (unpaired) electrons. The predicted octanol–water partition coefficient (Wildman–Crippen LogP) is 1.09. The number of fused-ring (bicyclic) bond motifs is 1. The lowest BCUT2D eigenvalue weighted by Gasteiger charge is -2.17. The number of likely N-dealkylation sites (N-methyl/N-ethyl adjacent to an activating group) is 1. The molecule has 0 spiro atoms. The van der Waals surface area contributed by atoms with Gasteiger partial charge in [-0.1, -0.05) is 0 Å². The lowest BCUT2D eigenvalue weighted by Crippen LogP contribution is -2.28. The Hall–Kier alpha value is -2.04. The Kier molecular flexibility index (Phi) is 3.82. The smallest absolute Gasteiger partial charge is 0.257 e. The highest BCUT2D eigenvalue weighted by Crippen LogP contribution is 2.26. The van der Waals surface area contributed by atoms with Gasteiger partial charge in [-0.15, -0.1) is 0 Å². The third kappa shape index (κ3) is 3.00. The fraction of sp³-hybridized carbons (Fsp3) is 0.385. The van der Waals surface area contributed by atoms with Crippen molar-refractivity contribution in [1.29, 1.82) is 0 Å². The van der Waals surface area contributed by atoms with Crippen molar-refractivity contribution >= 4 is 17.5 Å². The highest BCUT2D eigenvalue weighted by Gasteiger charge is 2.15. The summed E-state index contributed by atoms with van der Waals surface area (Å²) in [7, 11) is 0. The van der Waals surface area contributed by atoms with Crippen molar-refractivity contribution in [2.75, 3.05) is 18.5 Å². The predicted molar refractivity (Wildman–Crippen MR) is 67.6 cm³/mol. The van der Waals surface area contributed by atoms with Gasteiger partial charge in [-0.3, -0.25) is 9.59 Å². The average molecular weight is 248 g/mol. The molecule has 2 amide bonds. The molecule has 2 N–H and O–H groups in total. The van der Waals surface area contributed by atoms with Crippen molar-refractivity contribution in [3.05, 3.63) is 23.8 Å². The maximum atomic E-state index is 11.3. The minimum atomic E-state index is -0.136. The minimum Gasteiger partial charge on any atom is -0.484 e. The van der Waals surface area contributed by atoms with Gasteiger partial charge < -0.3 is 15.4 Å². The zero-order chi connectivity index (χ0) is 13.0. The molecule has 0 bridgehead atoms. The maximum absolute atomic E-state index is 11.3. The summed E-state index contributed by atoms with van der Waals surface area (Å²) in [4.78, 5) is 22.5. The topological polar surface area (TPSA) is 67.4 Å². The quantitative estimate of drug-likeness (QED) is 0.838. The van der Waals surface area contributed by atoms with E-state index < -0.39 is 0 Å². The second-order valence-corrected chi connectivity index (χ2v) is 4.11. The maximum Gasteiger partial charge on any atom is 0.257 e. The lowest BCUT2D eigenvalue weighted by molar-refractivity contribution is -0.123. The van der Waals surface area contributed by atoms with Crippen LogP contribution < -0.4 is 15.4 Å². The van der Waals surface area contributed by atoms with E-state index in [4.69, 9.17) is 4.74 Å². The normalized spacial score (nSPS) is 13.5. The monoisotopic (exact) mass is 248 g/mol. The molecular formula is C13H16N2O3. The van der Waals surface area contributed by atoms with Crippen molar-refractivity contribution in [3.8, 4) is 5.75 Å². The molecule has 1 heterocycles. The number of aryl methyl sites for hydroxylation is 1. The van der Waals surface area contributed by atoms with Crippen LogP contribution in [0.1, 0.15) is 18.9 Å².